The number of hydrogen-bond donors (Lipinski definition) is 0. The third-order valence-electron chi connectivity index (χ3n) is 1.93. The number of esters is 1. The number of carbonyl (C=O) groups is 1. The Labute approximate surface area is 105 Å². The molecule has 1 rings (SSSR count). The number of carbonyl (C=O) groups excluding carboxylic acids is 1. The Bertz CT molecular complexity index is 534. The summed E-state index contributed by atoms with van der Waals surface area (Å²) in [6.45, 7) is 1.43. The molecule has 0 spiro atoms. The molecule has 19 heavy (non-hydrogen) atoms. The van der Waals surface area contributed by atoms with Crippen molar-refractivity contribution >= 4 is 5.97 Å². The largest absolute Gasteiger partial charge is 0.573 e. The first-order chi connectivity index (χ1) is 8.80. The molecule has 0 heterocycles. The Morgan fingerprint density at radius 2 is 2.05 bits per heavy atom. The lowest BCUT2D eigenvalue weighted by Gasteiger charge is -2.13. The van der Waals surface area contributed by atoms with Crippen LogP contribution in [0.3, 0.4) is 0 Å². The molecule has 0 bridgehead atoms. The first-order valence-electron chi connectivity index (χ1n) is 4.95. The topological polar surface area (TPSA) is 59.3 Å². The van der Waals surface area contributed by atoms with Gasteiger partial charge in [-0.2, -0.15) is 5.26 Å². The van der Waals surface area contributed by atoms with Crippen molar-refractivity contribution < 1.29 is 31.8 Å². The molecule has 0 aliphatic rings. The standard InChI is InChI=1S/C11H7F4NO3/c1-2-18-10(17)6-3-4-8(12)9(7(6)5-16)19-11(13,14)15/h3-4H,2H2,1H3. The van der Waals surface area contributed by atoms with Gasteiger partial charge in [0.15, 0.2) is 11.6 Å². The highest BCUT2D eigenvalue weighted by Crippen LogP contribution is 2.31. The van der Waals surface area contributed by atoms with Gasteiger partial charge in [0.1, 0.15) is 11.6 Å². The fourth-order valence-corrected chi connectivity index (χ4v) is 1.26. The van der Waals surface area contributed by atoms with Crippen molar-refractivity contribution in [1.82, 2.24) is 0 Å². The molecule has 0 aliphatic heterocycles. The van der Waals surface area contributed by atoms with Crippen LogP contribution in [-0.4, -0.2) is 18.9 Å². The van der Waals surface area contributed by atoms with Crippen LogP contribution in [0.1, 0.15) is 22.8 Å². The summed E-state index contributed by atoms with van der Waals surface area (Å²) >= 11 is 0. The minimum absolute atomic E-state index is 0.0451. The molecule has 0 fully saturated rings. The van der Waals surface area contributed by atoms with Crippen molar-refractivity contribution in [1.29, 1.82) is 5.26 Å². The predicted molar refractivity (Wildman–Crippen MR) is 53.8 cm³/mol. The normalized spacial score (nSPS) is 10.7. The Hall–Kier alpha value is -2.30. The lowest BCUT2D eigenvalue weighted by molar-refractivity contribution is -0.275. The fraction of sp³-hybridized carbons (Fsp3) is 0.273. The summed E-state index contributed by atoms with van der Waals surface area (Å²) in [6, 6.07) is 2.75. The Kier molecular flexibility index (Phi) is 4.32. The summed E-state index contributed by atoms with van der Waals surface area (Å²) in [6.07, 6.45) is -5.18. The van der Waals surface area contributed by atoms with Gasteiger partial charge in [0.2, 0.25) is 0 Å². The second-order valence-electron chi connectivity index (χ2n) is 3.18. The van der Waals surface area contributed by atoms with E-state index in [4.69, 9.17) is 5.26 Å². The highest BCUT2D eigenvalue weighted by Gasteiger charge is 2.35. The van der Waals surface area contributed by atoms with Crippen molar-refractivity contribution in [3.8, 4) is 11.8 Å². The molecule has 0 saturated heterocycles. The van der Waals surface area contributed by atoms with Gasteiger partial charge >= 0.3 is 12.3 Å². The maximum Gasteiger partial charge on any atom is 0.573 e. The van der Waals surface area contributed by atoms with Crippen molar-refractivity contribution in [2.24, 2.45) is 0 Å². The molecule has 0 atom stereocenters. The Balaban J connectivity index is 3.34. The van der Waals surface area contributed by atoms with Gasteiger partial charge in [0, 0.05) is 0 Å². The summed E-state index contributed by atoms with van der Waals surface area (Å²) < 4.78 is 57.5. The number of rotatable bonds is 3. The Morgan fingerprint density at radius 1 is 1.42 bits per heavy atom. The fourth-order valence-electron chi connectivity index (χ4n) is 1.26. The number of hydrogen-bond acceptors (Lipinski definition) is 4. The maximum absolute atomic E-state index is 13.3. The number of benzene rings is 1. The molecule has 4 nitrogen and oxygen atoms in total. The van der Waals surface area contributed by atoms with Crippen LogP contribution in [-0.2, 0) is 4.74 Å². The highest BCUT2D eigenvalue weighted by molar-refractivity contribution is 5.93. The lowest BCUT2D eigenvalue weighted by Crippen LogP contribution is -2.20. The molecule has 0 aliphatic carbocycles. The van der Waals surface area contributed by atoms with Crippen molar-refractivity contribution in [3.63, 3.8) is 0 Å². The van der Waals surface area contributed by atoms with Crippen LogP contribution >= 0.6 is 0 Å². The smallest absolute Gasteiger partial charge is 0.462 e. The van der Waals surface area contributed by atoms with Gasteiger partial charge in [0.25, 0.3) is 0 Å². The molecule has 0 N–H and O–H groups in total. The third kappa shape index (κ3) is 3.58. The van der Waals surface area contributed by atoms with E-state index in [1.165, 1.54) is 13.0 Å². The number of ether oxygens (including phenoxy) is 2. The van der Waals surface area contributed by atoms with Crippen LogP contribution in [0.15, 0.2) is 12.1 Å². The quantitative estimate of drug-likeness (QED) is 0.629. The second kappa shape index (κ2) is 5.56. The molecule has 0 unspecified atom stereocenters. The van der Waals surface area contributed by atoms with Crippen LogP contribution in [0.25, 0.3) is 0 Å². The van der Waals surface area contributed by atoms with Gasteiger partial charge in [-0.05, 0) is 19.1 Å². The van der Waals surface area contributed by atoms with E-state index in [1.54, 1.807) is 0 Å². The molecule has 102 valence electrons. The first-order valence-corrected chi connectivity index (χ1v) is 4.95. The molecule has 8 heteroatoms. The van der Waals surface area contributed by atoms with Crippen LogP contribution in [0.4, 0.5) is 17.6 Å². The molecule has 0 amide bonds. The molecule has 0 radical (unpaired) electrons. The minimum Gasteiger partial charge on any atom is -0.462 e. The van der Waals surface area contributed by atoms with Crippen LogP contribution in [0, 0.1) is 17.1 Å². The lowest BCUT2D eigenvalue weighted by atomic mass is 10.1. The Morgan fingerprint density at radius 3 is 2.53 bits per heavy atom. The molecule has 0 saturated carbocycles. The second-order valence-corrected chi connectivity index (χ2v) is 3.18. The molecule has 1 aromatic rings. The molecular weight excluding hydrogens is 270 g/mol. The molecular formula is C11H7F4NO3. The number of halogens is 4. The van der Waals surface area contributed by atoms with Crippen LogP contribution in [0.5, 0.6) is 5.75 Å². The van der Waals surface area contributed by atoms with Gasteiger partial charge in [-0.1, -0.05) is 0 Å². The van der Waals surface area contributed by atoms with E-state index in [2.05, 4.69) is 9.47 Å². The minimum atomic E-state index is -5.18. The van der Waals surface area contributed by atoms with Crippen molar-refractivity contribution in [2.75, 3.05) is 6.61 Å². The molecule has 1 aromatic carbocycles. The van der Waals surface area contributed by atoms with Gasteiger partial charge in [-0.15, -0.1) is 13.2 Å². The van der Waals surface area contributed by atoms with Crippen LogP contribution < -0.4 is 4.74 Å². The van der Waals surface area contributed by atoms with E-state index in [1.807, 2.05) is 0 Å². The monoisotopic (exact) mass is 277 g/mol. The van der Waals surface area contributed by atoms with E-state index in [0.29, 0.717) is 6.07 Å². The van der Waals surface area contributed by atoms with Crippen molar-refractivity contribution in [3.05, 3.63) is 29.1 Å². The van der Waals surface area contributed by atoms with Gasteiger partial charge in [0.05, 0.1) is 12.2 Å². The van der Waals surface area contributed by atoms with Crippen LogP contribution in [0.2, 0.25) is 0 Å². The number of alkyl halides is 3. The van der Waals surface area contributed by atoms with Gasteiger partial charge in [-0.25, -0.2) is 9.18 Å². The highest BCUT2D eigenvalue weighted by atomic mass is 19.4. The van der Waals surface area contributed by atoms with Gasteiger partial charge in [-0.3, -0.25) is 0 Å². The average molecular weight is 277 g/mol. The average Bonchev–Trinajstić information content (AvgIpc) is 2.30. The number of nitrogens with zero attached hydrogens (tertiary/aromatic N) is 1. The van der Waals surface area contributed by atoms with E-state index < -0.39 is 35.0 Å². The summed E-state index contributed by atoms with van der Waals surface area (Å²) in [5, 5.41) is 8.77. The zero-order valence-electron chi connectivity index (χ0n) is 9.55. The third-order valence-corrected chi connectivity index (χ3v) is 1.93. The zero-order valence-corrected chi connectivity index (χ0v) is 9.55. The predicted octanol–water partition coefficient (Wildman–Crippen LogP) is 2.77. The summed E-state index contributed by atoms with van der Waals surface area (Å²) in [5.74, 6) is -3.78. The summed E-state index contributed by atoms with van der Waals surface area (Å²) in [4.78, 5) is 11.4. The van der Waals surface area contributed by atoms with Gasteiger partial charge < -0.3 is 9.47 Å². The first kappa shape index (κ1) is 14.8. The summed E-state index contributed by atoms with van der Waals surface area (Å²) in [5.41, 5.74) is -1.36. The molecule has 0 aromatic heterocycles. The van der Waals surface area contributed by atoms with E-state index in [9.17, 15) is 22.4 Å². The maximum atomic E-state index is 13.3. The van der Waals surface area contributed by atoms with Crippen molar-refractivity contribution in [2.45, 2.75) is 13.3 Å². The van der Waals surface area contributed by atoms with E-state index in [0.717, 1.165) is 6.07 Å². The SMILES string of the molecule is CCOC(=O)c1ccc(F)c(OC(F)(F)F)c1C#N. The van der Waals surface area contributed by atoms with E-state index >= 15 is 0 Å². The summed E-state index contributed by atoms with van der Waals surface area (Å²) in [7, 11) is 0. The number of nitriles is 1. The zero-order chi connectivity index (χ0) is 14.6. The van der Waals surface area contributed by atoms with E-state index in [-0.39, 0.29) is 6.61 Å².